The second-order valence-electron chi connectivity index (χ2n) is 7.66. The average Bonchev–Trinajstić information content (AvgIpc) is 3.33. The minimum Gasteiger partial charge on any atom is -0.347 e. The highest BCUT2D eigenvalue weighted by molar-refractivity contribution is 7.99. The smallest absolute Gasteiger partial charge is 0.217 e. The first-order chi connectivity index (χ1) is 14.0. The molecular formula is C22H20N4OS2. The molecule has 0 aliphatic carbocycles. The predicted molar refractivity (Wildman–Crippen MR) is 120 cm³/mol. The first-order valence-electron chi connectivity index (χ1n) is 9.40. The normalized spacial score (nSPS) is 16.8. The molecule has 2 aromatic heterocycles. The lowest BCUT2D eigenvalue weighted by molar-refractivity contribution is -0.112. The van der Waals surface area contributed by atoms with Gasteiger partial charge in [0.25, 0.3) is 0 Å². The number of hydrogen-bond donors (Lipinski definition) is 0. The molecule has 0 saturated carbocycles. The molecule has 1 aliphatic heterocycles. The number of anilines is 1. The van der Waals surface area contributed by atoms with Crippen molar-refractivity contribution in [1.82, 2.24) is 14.6 Å². The van der Waals surface area contributed by atoms with Crippen LogP contribution < -0.4 is 4.90 Å². The molecular weight excluding hydrogens is 400 g/mol. The molecule has 0 atom stereocenters. The summed E-state index contributed by atoms with van der Waals surface area (Å²) < 4.78 is 3.20. The number of allylic oxidation sites excluding steroid dienone is 2. The summed E-state index contributed by atoms with van der Waals surface area (Å²) in [4.78, 5) is 15.8. The number of rotatable bonds is 4. The fourth-order valence-electron chi connectivity index (χ4n) is 4.04. The van der Waals surface area contributed by atoms with E-state index in [-0.39, 0.29) is 11.2 Å². The molecule has 0 radical (unpaired) electrons. The number of carbonyl (C=O) groups is 1. The Balaban J connectivity index is 1.40. The van der Waals surface area contributed by atoms with Gasteiger partial charge in [-0.3, -0.25) is 9.20 Å². The van der Waals surface area contributed by atoms with Crippen LogP contribution in [0.4, 0.5) is 5.69 Å². The van der Waals surface area contributed by atoms with Gasteiger partial charge in [-0.05, 0) is 23.8 Å². The third-order valence-corrected chi connectivity index (χ3v) is 7.46. The molecule has 2 aromatic carbocycles. The maximum atomic E-state index is 12.8. The predicted octanol–water partition coefficient (Wildman–Crippen LogP) is 4.92. The molecule has 0 fully saturated rings. The van der Waals surface area contributed by atoms with Gasteiger partial charge in [0.05, 0.1) is 16.0 Å². The summed E-state index contributed by atoms with van der Waals surface area (Å²) in [5.41, 5.74) is 4.32. The first-order valence-corrected chi connectivity index (χ1v) is 11.2. The van der Waals surface area contributed by atoms with Crippen molar-refractivity contribution >= 4 is 49.7 Å². The van der Waals surface area contributed by atoms with Crippen LogP contribution in [-0.4, -0.2) is 33.2 Å². The Morgan fingerprint density at radius 2 is 1.90 bits per heavy atom. The minimum atomic E-state index is -0.197. The summed E-state index contributed by atoms with van der Waals surface area (Å²) in [5.74, 6) is 0.406. The van der Waals surface area contributed by atoms with Gasteiger partial charge in [-0.25, -0.2) is 0 Å². The van der Waals surface area contributed by atoms with E-state index in [1.165, 1.54) is 22.0 Å². The molecule has 0 bridgehead atoms. The molecule has 0 amide bonds. The van der Waals surface area contributed by atoms with E-state index in [1.807, 2.05) is 29.6 Å². The van der Waals surface area contributed by atoms with E-state index in [0.29, 0.717) is 5.75 Å². The molecule has 0 unspecified atom stereocenters. The molecule has 146 valence electrons. The van der Waals surface area contributed by atoms with E-state index >= 15 is 0 Å². The number of ketones is 1. The van der Waals surface area contributed by atoms with Gasteiger partial charge in [0.1, 0.15) is 0 Å². The quantitative estimate of drug-likeness (QED) is 0.347. The number of benzene rings is 2. The zero-order valence-corrected chi connectivity index (χ0v) is 18.0. The lowest BCUT2D eigenvalue weighted by atomic mass is 9.83. The fraction of sp³-hybridized carbons (Fsp3) is 0.227. The van der Waals surface area contributed by atoms with Gasteiger partial charge in [-0.15, -0.1) is 10.2 Å². The van der Waals surface area contributed by atoms with E-state index < -0.39 is 0 Å². The van der Waals surface area contributed by atoms with Gasteiger partial charge in [0.2, 0.25) is 4.96 Å². The second-order valence-corrected chi connectivity index (χ2v) is 9.61. The van der Waals surface area contributed by atoms with Crippen molar-refractivity contribution in [3.8, 4) is 0 Å². The van der Waals surface area contributed by atoms with Crippen LogP contribution >= 0.6 is 23.1 Å². The van der Waals surface area contributed by atoms with Crippen LogP contribution in [0, 0.1) is 0 Å². The number of thiazole rings is 1. The zero-order chi connectivity index (χ0) is 20.2. The summed E-state index contributed by atoms with van der Waals surface area (Å²) in [6, 6.07) is 16.5. The highest BCUT2D eigenvalue weighted by Gasteiger charge is 2.38. The van der Waals surface area contributed by atoms with Gasteiger partial charge in [0.15, 0.2) is 10.9 Å². The summed E-state index contributed by atoms with van der Waals surface area (Å²) >= 11 is 3.04. The van der Waals surface area contributed by atoms with Crippen molar-refractivity contribution in [3.63, 3.8) is 0 Å². The third-order valence-electron chi connectivity index (χ3n) is 5.49. The van der Waals surface area contributed by atoms with E-state index in [2.05, 4.69) is 59.3 Å². The SMILES string of the molecule is CN1/C(=C/C(=O)CSc2nnc3sc4ccccc4n23)C(C)(C)c2ccccc21. The lowest BCUT2D eigenvalue weighted by Gasteiger charge is -2.23. The van der Waals surface area contributed by atoms with Gasteiger partial charge in [0, 0.05) is 29.9 Å². The van der Waals surface area contributed by atoms with Crippen LogP contribution in [0.3, 0.4) is 0 Å². The van der Waals surface area contributed by atoms with Crippen LogP contribution in [0.15, 0.2) is 65.5 Å². The Kier molecular flexibility index (Phi) is 4.26. The van der Waals surface area contributed by atoms with Crippen LogP contribution in [0.1, 0.15) is 19.4 Å². The summed E-state index contributed by atoms with van der Waals surface area (Å²) in [6.45, 7) is 4.34. The number of likely N-dealkylation sites (N-methyl/N-ethyl adjacent to an activating group) is 1. The van der Waals surface area contributed by atoms with Crippen molar-refractivity contribution in [2.24, 2.45) is 0 Å². The van der Waals surface area contributed by atoms with Gasteiger partial charge in [-0.1, -0.05) is 67.3 Å². The standard InChI is InChI=1S/C22H20N4OS2/c1-22(2)15-8-4-5-9-16(15)25(3)19(22)12-14(27)13-28-20-23-24-21-26(20)17-10-6-7-11-18(17)29-21/h4-12H,13H2,1-3H3/b19-12+. The number of fused-ring (bicyclic) bond motifs is 4. The average molecular weight is 421 g/mol. The Labute approximate surface area is 177 Å². The third kappa shape index (κ3) is 2.88. The molecule has 3 heterocycles. The lowest BCUT2D eigenvalue weighted by Crippen LogP contribution is -2.24. The van der Waals surface area contributed by atoms with Gasteiger partial charge < -0.3 is 4.90 Å². The van der Waals surface area contributed by atoms with Crippen LogP contribution in [0.5, 0.6) is 0 Å². The number of carbonyl (C=O) groups excluding carboxylic acids is 1. The molecule has 0 N–H and O–H groups in total. The molecule has 1 aliphatic rings. The van der Waals surface area contributed by atoms with Crippen LogP contribution in [0.2, 0.25) is 0 Å². The Morgan fingerprint density at radius 3 is 2.72 bits per heavy atom. The van der Waals surface area contributed by atoms with Crippen molar-refractivity contribution in [3.05, 3.63) is 65.9 Å². The number of nitrogens with zero attached hydrogens (tertiary/aromatic N) is 4. The van der Waals surface area contributed by atoms with Gasteiger partial charge in [-0.2, -0.15) is 0 Å². The van der Waals surface area contributed by atoms with E-state index in [1.54, 1.807) is 17.4 Å². The van der Waals surface area contributed by atoms with E-state index in [9.17, 15) is 4.79 Å². The number of aromatic nitrogens is 3. The maximum absolute atomic E-state index is 12.8. The summed E-state index contributed by atoms with van der Waals surface area (Å²) in [6.07, 6.45) is 1.79. The van der Waals surface area contributed by atoms with Gasteiger partial charge >= 0.3 is 0 Å². The second kappa shape index (κ2) is 6.71. The topological polar surface area (TPSA) is 50.5 Å². The Bertz CT molecular complexity index is 1280. The first kappa shape index (κ1) is 18.4. The molecule has 5 nitrogen and oxygen atoms in total. The fourth-order valence-corrected chi connectivity index (χ4v) is 5.83. The number of thioether (sulfide) groups is 1. The molecule has 4 aromatic rings. The number of hydrogen-bond acceptors (Lipinski definition) is 6. The minimum absolute atomic E-state index is 0.0778. The van der Waals surface area contributed by atoms with Crippen molar-refractivity contribution in [1.29, 1.82) is 0 Å². The van der Waals surface area contributed by atoms with Crippen LogP contribution in [0.25, 0.3) is 15.2 Å². The highest BCUT2D eigenvalue weighted by Crippen LogP contribution is 2.46. The monoisotopic (exact) mass is 420 g/mol. The zero-order valence-electron chi connectivity index (χ0n) is 16.4. The Morgan fingerprint density at radius 1 is 1.14 bits per heavy atom. The van der Waals surface area contributed by atoms with Crippen molar-refractivity contribution in [2.45, 2.75) is 24.4 Å². The summed E-state index contributed by atoms with van der Waals surface area (Å²) in [7, 11) is 2.03. The maximum Gasteiger partial charge on any atom is 0.217 e. The molecule has 0 saturated heterocycles. The molecule has 5 rings (SSSR count). The van der Waals surface area contributed by atoms with E-state index in [4.69, 9.17) is 0 Å². The highest BCUT2D eigenvalue weighted by atomic mass is 32.2. The van der Waals surface area contributed by atoms with Crippen LogP contribution in [-0.2, 0) is 10.2 Å². The van der Waals surface area contributed by atoms with E-state index in [0.717, 1.165) is 27.0 Å². The molecule has 7 heteroatoms. The Hall–Kier alpha value is -2.64. The van der Waals surface area contributed by atoms with Crippen molar-refractivity contribution < 1.29 is 4.79 Å². The summed E-state index contributed by atoms with van der Waals surface area (Å²) in [5, 5.41) is 9.32. The number of para-hydroxylation sites is 2. The van der Waals surface area contributed by atoms with Crippen molar-refractivity contribution in [2.75, 3.05) is 17.7 Å². The largest absolute Gasteiger partial charge is 0.347 e. The molecule has 29 heavy (non-hydrogen) atoms. The molecule has 0 spiro atoms.